The van der Waals surface area contributed by atoms with Crippen molar-refractivity contribution in [2.45, 2.75) is 19.4 Å². The van der Waals surface area contributed by atoms with Crippen molar-refractivity contribution in [1.29, 1.82) is 0 Å². The number of aryl methyl sites for hydroxylation is 1. The third-order valence-electron chi connectivity index (χ3n) is 3.09. The quantitative estimate of drug-likeness (QED) is 0.744. The third kappa shape index (κ3) is 2.79. The van der Waals surface area contributed by atoms with E-state index >= 15 is 0 Å². The van der Waals surface area contributed by atoms with Gasteiger partial charge in [-0.25, -0.2) is 9.97 Å². The molecule has 0 aromatic carbocycles. The fraction of sp³-hybridized carbons (Fsp3) is 0.583. The molecular formula is C12H18N4O. The van der Waals surface area contributed by atoms with Crippen molar-refractivity contribution in [3.8, 4) is 0 Å². The highest BCUT2D eigenvalue weighted by molar-refractivity contribution is 5.78. The summed E-state index contributed by atoms with van der Waals surface area (Å²) in [5.74, 6) is 0.723. The van der Waals surface area contributed by atoms with Gasteiger partial charge in [-0.05, 0) is 26.6 Å². The Labute approximate surface area is 101 Å². The van der Waals surface area contributed by atoms with Crippen molar-refractivity contribution < 1.29 is 4.79 Å². The largest absolute Gasteiger partial charge is 0.339 e. The second kappa shape index (κ2) is 4.79. The zero-order valence-electron chi connectivity index (χ0n) is 10.6. The highest BCUT2D eigenvalue weighted by Crippen LogP contribution is 2.13. The second-order valence-corrected chi connectivity index (χ2v) is 4.77. The molecule has 1 aromatic rings. The van der Waals surface area contributed by atoms with E-state index in [1.165, 1.54) is 0 Å². The predicted octanol–water partition coefficient (Wildman–Crippen LogP) is 0.0999. The van der Waals surface area contributed by atoms with Gasteiger partial charge in [0.25, 0.3) is 0 Å². The van der Waals surface area contributed by atoms with Crippen LogP contribution in [0.4, 0.5) is 0 Å². The molecule has 0 atom stereocenters. The average Bonchev–Trinajstić information content (AvgIpc) is 2.18. The van der Waals surface area contributed by atoms with Crippen LogP contribution in [0.1, 0.15) is 11.4 Å². The summed E-state index contributed by atoms with van der Waals surface area (Å²) in [5.41, 5.74) is 1.01. The van der Waals surface area contributed by atoms with Crippen LogP contribution in [0.2, 0.25) is 0 Å². The minimum absolute atomic E-state index is 0.118. The number of hydrogen-bond acceptors (Lipinski definition) is 4. The van der Waals surface area contributed by atoms with Crippen LogP contribution in [0.15, 0.2) is 12.4 Å². The number of hydrogen-bond donors (Lipinski definition) is 0. The van der Waals surface area contributed by atoms with Gasteiger partial charge in [0.15, 0.2) is 0 Å². The third-order valence-corrected chi connectivity index (χ3v) is 3.09. The molecule has 92 valence electrons. The molecule has 2 rings (SSSR count). The van der Waals surface area contributed by atoms with Gasteiger partial charge in [0, 0.05) is 31.5 Å². The molecule has 1 fully saturated rings. The number of likely N-dealkylation sites (tertiary alicyclic amines) is 1. The Hall–Kier alpha value is -1.49. The molecule has 0 bridgehead atoms. The molecule has 2 heterocycles. The van der Waals surface area contributed by atoms with Crippen molar-refractivity contribution in [2.75, 3.05) is 27.2 Å². The van der Waals surface area contributed by atoms with E-state index in [-0.39, 0.29) is 5.91 Å². The molecule has 1 saturated heterocycles. The lowest BCUT2D eigenvalue weighted by Gasteiger charge is -2.42. The lowest BCUT2D eigenvalue weighted by Crippen LogP contribution is -2.59. The first-order chi connectivity index (χ1) is 8.06. The Balaban J connectivity index is 1.85. The molecular weight excluding hydrogens is 216 g/mol. The van der Waals surface area contributed by atoms with E-state index < -0.39 is 0 Å². The predicted molar refractivity (Wildman–Crippen MR) is 64.5 cm³/mol. The Morgan fingerprint density at radius 3 is 2.53 bits per heavy atom. The summed E-state index contributed by atoms with van der Waals surface area (Å²) < 4.78 is 0. The Bertz CT molecular complexity index is 395. The molecule has 0 radical (unpaired) electrons. The van der Waals surface area contributed by atoms with Crippen LogP contribution < -0.4 is 0 Å². The van der Waals surface area contributed by atoms with Gasteiger partial charge >= 0.3 is 0 Å². The molecule has 5 nitrogen and oxygen atoms in total. The van der Waals surface area contributed by atoms with Crippen molar-refractivity contribution >= 4 is 5.91 Å². The molecule has 0 unspecified atom stereocenters. The van der Waals surface area contributed by atoms with Crippen LogP contribution in [0.5, 0.6) is 0 Å². The first kappa shape index (κ1) is 12.0. The number of carbonyl (C=O) groups excluding carboxylic acids is 1. The Morgan fingerprint density at radius 2 is 2.00 bits per heavy atom. The van der Waals surface area contributed by atoms with Gasteiger partial charge in [0.2, 0.25) is 5.91 Å². The van der Waals surface area contributed by atoms with Gasteiger partial charge in [-0.1, -0.05) is 0 Å². The van der Waals surface area contributed by atoms with E-state index in [1.807, 2.05) is 25.9 Å². The van der Waals surface area contributed by atoms with Crippen LogP contribution in [-0.4, -0.2) is 58.9 Å². The minimum Gasteiger partial charge on any atom is -0.339 e. The van der Waals surface area contributed by atoms with E-state index in [1.54, 1.807) is 12.4 Å². The molecule has 1 aliphatic rings. The van der Waals surface area contributed by atoms with Gasteiger partial charge in [0.1, 0.15) is 5.82 Å². The zero-order chi connectivity index (χ0) is 12.4. The standard InChI is InChI=1S/C12H18N4O/c1-9-5-13-11(14-6-9)4-12(17)16-7-10(8-16)15(2)3/h5-6,10H,4,7-8H2,1-3H3. The van der Waals surface area contributed by atoms with E-state index in [9.17, 15) is 4.79 Å². The summed E-state index contributed by atoms with van der Waals surface area (Å²) in [6.07, 6.45) is 3.79. The maximum Gasteiger partial charge on any atom is 0.230 e. The number of rotatable bonds is 3. The number of likely N-dealkylation sites (N-methyl/N-ethyl adjacent to an activating group) is 1. The summed E-state index contributed by atoms with van der Waals surface area (Å²) in [6.45, 7) is 3.57. The van der Waals surface area contributed by atoms with Gasteiger partial charge in [0.05, 0.1) is 6.42 Å². The van der Waals surface area contributed by atoms with Crippen LogP contribution in [0, 0.1) is 6.92 Å². The fourth-order valence-electron chi connectivity index (χ4n) is 1.74. The van der Waals surface area contributed by atoms with Gasteiger partial charge in [-0.2, -0.15) is 0 Å². The van der Waals surface area contributed by atoms with Crippen molar-refractivity contribution in [1.82, 2.24) is 19.8 Å². The molecule has 5 heteroatoms. The van der Waals surface area contributed by atoms with Gasteiger partial charge in [-0.15, -0.1) is 0 Å². The first-order valence-corrected chi connectivity index (χ1v) is 5.78. The molecule has 0 aliphatic carbocycles. The van der Waals surface area contributed by atoms with Crippen LogP contribution in [-0.2, 0) is 11.2 Å². The summed E-state index contributed by atoms with van der Waals surface area (Å²) in [4.78, 5) is 24.2. The summed E-state index contributed by atoms with van der Waals surface area (Å²) in [5, 5.41) is 0. The highest BCUT2D eigenvalue weighted by atomic mass is 16.2. The number of amides is 1. The van der Waals surface area contributed by atoms with Crippen molar-refractivity contribution in [3.05, 3.63) is 23.8 Å². The fourth-order valence-corrected chi connectivity index (χ4v) is 1.74. The lowest BCUT2D eigenvalue weighted by molar-refractivity contribution is -0.137. The second-order valence-electron chi connectivity index (χ2n) is 4.77. The summed E-state index contributed by atoms with van der Waals surface area (Å²) in [6, 6.07) is 0.498. The number of carbonyl (C=O) groups is 1. The molecule has 1 aliphatic heterocycles. The maximum atomic E-state index is 11.9. The van der Waals surface area contributed by atoms with Gasteiger partial charge < -0.3 is 9.80 Å². The summed E-state index contributed by atoms with van der Waals surface area (Å²) in [7, 11) is 4.07. The Kier molecular flexibility index (Phi) is 3.38. The van der Waals surface area contributed by atoms with Crippen LogP contribution >= 0.6 is 0 Å². The highest BCUT2D eigenvalue weighted by Gasteiger charge is 2.31. The molecule has 0 saturated carbocycles. The monoisotopic (exact) mass is 234 g/mol. The van der Waals surface area contributed by atoms with Crippen LogP contribution in [0.3, 0.4) is 0 Å². The topological polar surface area (TPSA) is 49.3 Å². The SMILES string of the molecule is Cc1cnc(CC(=O)N2CC(N(C)C)C2)nc1. The molecule has 0 N–H and O–H groups in total. The zero-order valence-corrected chi connectivity index (χ0v) is 10.6. The lowest BCUT2D eigenvalue weighted by atomic mass is 10.1. The van der Waals surface area contributed by atoms with E-state index in [0.717, 1.165) is 18.7 Å². The molecule has 1 aromatic heterocycles. The molecule has 1 amide bonds. The smallest absolute Gasteiger partial charge is 0.230 e. The normalized spacial score (nSPS) is 16.1. The first-order valence-electron chi connectivity index (χ1n) is 5.78. The van der Waals surface area contributed by atoms with Gasteiger partial charge in [-0.3, -0.25) is 4.79 Å². The van der Waals surface area contributed by atoms with Crippen LogP contribution in [0.25, 0.3) is 0 Å². The van der Waals surface area contributed by atoms with E-state index in [4.69, 9.17) is 0 Å². The number of aromatic nitrogens is 2. The molecule has 0 spiro atoms. The maximum absolute atomic E-state index is 11.9. The van der Waals surface area contributed by atoms with E-state index in [0.29, 0.717) is 18.3 Å². The van der Waals surface area contributed by atoms with E-state index in [2.05, 4.69) is 14.9 Å². The minimum atomic E-state index is 0.118. The van der Waals surface area contributed by atoms with Crippen molar-refractivity contribution in [3.63, 3.8) is 0 Å². The number of nitrogens with zero attached hydrogens (tertiary/aromatic N) is 4. The Morgan fingerprint density at radius 1 is 1.41 bits per heavy atom. The average molecular weight is 234 g/mol. The molecule has 17 heavy (non-hydrogen) atoms. The summed E-state index contributed by atoms with van der Waals surface area (Å²) >= 11 is 0. The van der Waals surface area contributed by atoms with Crippen molar-refractivity contribution in [2.24, 2.45) is 0 Å².